The van der Waals surface area contributed by atoms with E-state index in [4.69, 9.17) is 4.74 Å². The number of aromatic nitrogens is 1. The SMILES string of the molecule is CC.CNc1cc(C(=O)NCc2cnc(-c3ccc(OCCCN4CCC4)cc3)s2)ccc1Sc1ccccc1C=O. The van der Waals surface area contributed by atoms with Crippen molar-refractivity contribution in [3.63, 3.8) is 0 Å². The first-order chi connectivity index (χ1) is 20.6. The fourth-order valence-corrected chi connectivity index (χ4v) is 6.20. The number of hydrogen-bond acceptors (Lipinski definition) is 8. The second-order valence-electron chi connectivity index (χ2n) is 9.45. The molecular weight excluding hydrogens is 565 g/mol. The lowest BCUT2D eigenvalue weighted by Crippen LogP contribution is -2.38. The normalized spacial score (nSPS) is 12.5. The molecule has 5 rings (SSSR count). The first kappa shape index (κ1) is 31.3. The van der Waals surface area contributed by atoms with E-state index in [1.54, 1.807) is 23.5 Å². The van der Waals surface area contributed by atoms with Gasteiger partial charge in [0.05, 0.1) is 13.2 Å². The number of amides is 1. The number of ether oxygens (including phenoxy) is 1. The quantitative estimate of drug-likeness (QED) is 0.123. The van der Waals surface area contributed by atoms with Crippen LogP contribution >= 0.6 is 23.1 Å². The van der Waals surface area contributed by atoms with Gasteiger partial charge in [-0.05, 0) is 74.5 Å². The summed E-state index contributed by atoms with van der Waals surface area (Å²) in [5.41, 5.74) is 3.04. The molecule has 3 aromatic carbocycles. The fraction of sp³-hybridized carbons (Fsp3) is 0.303. The number of anilines is 1. The lowest BCUT2D eigenvalue weighted by molar-refractivity contribution is 0.0951. The molecule has 42 heavy (non-hydrogen) atoms. The van der Waals surface area contributed by atoms with Gasteiger partial charge < -0.3 is 20.3 Å². The number of benzene rings is 3. The number of rotatable bonds is 13. The monoisotopic (exact) mass is 602 g/mol. The van der Waals surface area contributed by atoms with Gasteiger partial charge >= 0.3 is 0 Å². The second-order valence-corrected chi connectivity index (χ2v) is 11.7. The van der Waals surface area contributed by atoms with Crippen LogP contribution in [0.1, 0.15) is 52.3 Å². The van der Waals surface area contributed by atoms with Crippen LogP contribution in [0.4, 0.5) is 5.69 Å². The molecule has 0 aliphatic carbocycles. The van der Waals surface area contributed by atoms with Crippen molar-refractivity contribution in [1.29, 1.82) is 0 Å². The molecule has 4 aromatic rings. The van der Waals surface area contributed by atoms with Crippen molar-refractivity contribution < 1.29 is 14.3 Å². The first-order valence-corrected chi connectivity index (χ1v) is 16.0. The van der Waals surface area contributed by atoms with Crippen LogP contribution in [0.3, 0.4) is 0 Å². The average molecular weight is 603 g/mol. The number of carbonyl (C=O) groups excluding carboxylic acids is 2. The second kappa shape index (κ2) is 16.1. The van der Waals surface area contributed by atoms with Crippen molar-refractivity contribution in [3.05, 3.63) is 88.9 Å². The van der Waals surface area contributed by atoms with Crippen LogP contribution in [-0.4, -0.2) is 55.4 Å². The Kier molecular flexibility index (Phi) is 12.0. The van der Waals surface area contributed by atoms with Crippen molar-refractivity contribution >= 4 is 41.0 Å². The molecule has 2 N–H and O–H groups in total. The Hall–Kier alpha value is -3.66. The lowest BCUT2D eigenvalue weighted by Gasteiger charge is -2.30. The van der Waals surface area contributed by atoms with Gasteiger partial charge in [-0.2, -0.15) is 0 Å². The fourth-order valence-electron chi connectivity index (χ4n) is 4.31. The summed E-state index contributed by atoms with van der Waals surface area (Å²) in [7, 11) is 1.82. The zero-order chi connectivity index (χ0) is 29.7. The number of carbonyl (C=O) groups is 2. The highest BCUT2D eigenvalue weighted by Crippen LogP contribution is 2.35. The van der Waals surface area contributed by atoms with Gasteiger partial charge in [0, 0.05) is 56.8 Å². The van der Waals surface area contributed by atoms with E-state index in [0.717, 1.165) is 62.5 Å². The molecule has 1 aromatic heterocycles. The summed E-state index contributed by atoms with van der Waals surface area (Å²) in [5, 5.41) is 7.07. The van der Waals surface area contributed by atoms with Crippen molar-refractivity contribution in [3.8, 4) is 16.3 Å². The van der Waals surface area contributed by atoms with E-state index in [2.05, 4.69) is 20.5 Å². The van der Waals surface area contributed by atoms with E-state index in [1.165, 1.54) is 31.3 Å². The predicted octanol–water partition coefficient (Wildman–Crippen LogP) is 7.25. The summed E-state index contributed by atoms with van der Waals surface area (Å²) in [4.78, 5) is 34.1. The van der Waals surface area contributed by atoms with Gasteiger partial charge in [0.25, 0.3) is 5.91 Å². The highest BCUT2D eigenvalue weighted by Gasteiger charge is 2.14. The number of nitrogens with zero attached hydrogens (tertiary/aromatic N) is 2. The number of hydrogen-bond donors (Lipinski definition) is 2. The molecule has 1 fully saturated rings. The summed E-state index contributed by atoms with van der Waals surface area (Å²) < 4.78 is 5.88. The largest absolute Gasteiger partial charge is 0.494 e. The molecule has 0 unspecified atom stereocenters. The third-order valence-corrected chi connectivity index (χ3v) is 8.91. The third-order valence-electron chi connectivity index (χ3n) is 6.69. The van der Waals surface area contributed by atoms with Gasteiger partial charge in [-0.25, -0.2) is 4.98 Å². The molecule has 9 heteroatoms. The van der Waals surface area contributed by atoms with Crippen LogP contribution in [0.25, 0.3) is 10.6 Å². The summed E-state index contributed by atoms with van der Waals surface area (Å²) in [6.07, 6.45) is 5.02. The average Bonchev–Trinajstić information content (AvgIpc) is 3.50. The Morgan fingerprint density at radius 1 is 1.07 bits per heavy atom. The highest BCUT2D eigenvalue weighted by molar-refractivity contribution is 7.99. The van der Waals surface area contributed by atoms with Gasteiger partial charge in [0.2, 0.25) is 0 Å². The topological polar surface area (TPSA) is 83.6 Å². The lowest BCUT2D eigenvalue weighted by atomic mass is 10.2. The van der Waals surface area contributed by atoms with Crippen molar-refractivity contribution in [2.24, 2.45) is 0 Å². The van der Waals surface area contributed by atoms with Crippen LogP contribution in [-0.2, 0) is 6.54 Å². The van der Waals surface area contributed by atoms with Gasteiger partial charge in [-0.15, -0.1) is 11.3 Å². The van der Waals surface area contributed by atoms with Gasteiger partial charge in [0.15, 0.2) is 6.29 Å². The maximum absolute atomic E-state index is 12.9. The molecule has 0 saturated carbocycles. The Balaban J connectivity index is 0.00000198. The van der Waals surface area contributed by atoms with E-state index in [0.29, 0.717) is 17.7 Å². The van der Waals surface area contributed by atoms with Crippen LogP contribution < -0.4 is 15.4 Å². The number of nitrogens with one attached hydrogen (secondary N) is 2. The Labute approximate surface area is 256 Å². The van der Waals surface area contributed by atoms with E-state index in [-0.39, 0.29) is 5.91 Å². The van der Waals surface area contributed by atoms with Crippen molar-refractivity contribution in [2.75, 3.05) is 38.6 Å². The minimum absolute atomic E-state index is 0.160. The van der Waals surface area contributed by atoms with Gasteiger partial charge in [-0.1, -0.05) is 43.8 Å². The Morgan fingerprint density at radius 3 is 2.57 bits per heavy atom. The minimum atomic E-state index is -0.160. The summed E-state index contributed by atoms with van der Waals surface area (Å²) >= 11 is 3.05. The van der Waals surface area contributed by atoms with E-state index >= 15 is 0 Å². The zero-order valence-corrected chi connectivity index (χ0v) is 26.0. The number of aldehydes is 1. The molecule has 1 amide bonds. The molecule has 1 saturated heterocycles. The molecule has 0 bridgehead atoms. The molecule has 2 heterocycles. The number of thiazole rings is 1. The summed E-state index contributed by atoms with van der Waals surface area (Å²) in [6.45, 7) is 8.67. The maximum atomic E-state index is 12.9. The van der Waals surface area contributed by atoms with Crippen molar-refractivity contribution in [2.45, 2.75) is 43.0 Å². The van der Waals surface area contributed by atoms with E-state index in [9.17, 15) is 9.59 Å². The molecule has 0 atom stereocenters. The zero-order valence-electron chi connectivity index (χ0n) is 24.4. The van der Waals surface area contributed by atoms with Crippen LogP contribution in [0, 0.1) is 0 Å². The molecular formula is C33H38N4O3S2. The van der Waals surface area contributed by atoms with Gasteiger partial charge in [-0.3, -0.25) is 9.59 Å². The van der Waals surface area contributed by atoms with Crippen LogP contribution in [0.2, 0.25) is 0 Å². The van der Waals surface area contributed by atoms with E-state index < -0.39 is 0 Å². The smallest absolute Gasteiger partial charge is 0.251 e. The maximum Gasteiger partial charge on any atom is 0.251 e. The Bertz CT molecular complexity index is 1450. The summed E-state index contributed by atoms with van der Waals surface area (Å²) in [5.74, 6) is 0.710. The van der Waals surface area contributed by atoms with Gasteiger partial charge in [0.1, 0.15) is 10.8 Å². The van der Waals surface area contributed by atoms with Crippen LogP contribution in [0.15, 0.2) is 82.7 Å². The number of likely N-dealkylation sites (tertiary alicyclic amines) is 1. The molecule has 0 spiro atoms. The molecule has 7 nitrogen and oxygen atoms in total. The predicted molar refractivity (Wildman–Crippen MR) is 173 cm³/mol. The van der Waals surface area contributed by atoms with E-state index in [1.807, 2.05) is 81.7 Å². The highest BCUT2D eigenvalue weighted by atomic mass is 32.2. The minimum Gasteiger partial charge on any atom is -0.494 e. The summed E-state index contributed by atoms with van der Waals surface area (Å²) in [6, 6.07) is 21.0. The first-order valence-electron chi connectivity index (χ1n) is 14.4. The van der Waals surface area contributed by atoms with Crippen molar-refractivity contribution in [1.82, 2.24) is 15.2 Å². The molecule has 1 aliphatic rings. The molecule has 0 radical (unpaired) electrons. The third kappa shape index (κ3) is 8.44. The molecule has 1 aliphatic heterocycles. The molecule has 220 valence electrons. The Morgan fingerprint density at radius 2 is 1.86 bits per heavy atom. The van der Waals surface area contributed by atoms with Crippen LogP contribution in [0.5, 0.6) is 5.75 Å². The standard InChI is InChI=1S/C31H32N4O3S2.C2H6/c1-32-27-18-23(10-13-29(27)40-28-7-3-2-6-24(28)21-36)30(37)33-19-26-20-34-31(39-26)22-8-11-25(12-9-22)38-17-5-16-35-14-4-15-35;1-2/h2-3,6-13,18,20-21,32H,4-5,14-17,19H2,1H3,(H,33,37);1-2H3.